The highest BCUT2D eigenvalue weighted by atomic mass is 79.9. The van der Waals surface area contributed by atoms with Crippen molar-refractivity contribution in [2.75, 3.05) is 19.1 Å². The Kier molecular flexibility index (Phi) is 5.06. The Morgan fingerprint density at radius 2 is 1.84 bits per heavy atom. The van der Waals surface area contributed by atoms with E-state index < -0.39 is 0 Å². The van der Waals surface area contributed by atoms with Crippen LogP contribution < -0.4 is 19.7 Å². The number of anilines is 1. The van der Waals surface area contributed by atoms with Gasteiger partial charge in [0.2, 0.25) is 0 Å². The van der Waals surface area contributed by atoms with Crippen LogP contribution in [0, 0.1) is 0 Å². The first-order chi connectivity index (χ1) is 12.0. The Hall–Kier alpha value is -2.38. The predicted octanol–water partition coefficient (Wildman–Crippen LogP) is 3.73. The third-order valence-electron chi connectivity index (χ3n) is 3.70. The van der Waals surface area contributed by atoms with Crippen LogP contribution >= 0.6 is 28.1 Å². The van der Waals surface area contributed by atoms with Crippen molar-refractivity contribution in [1.29, 1.82) is 0 Å². The fourth-order valence-corrected chi connectivity index (χ4v) is 3.02. The third kappa shape index (κ3) is 3.52. The van der Waals surface area contributed by atoms with Crippen LogP contribution in [0.15, 0.2) is 52.6 Å². The lowest BCUT2D eigenvalue weighted by atomic mass is 10.1. The number of ether oxygens (including phenoxy) is 2. The zero-order chi connectivity index (χ0) is 18.0. The zero-order valence-corrected chi connectivity index (χ0v) is 16.0. The minimum Gasteiger partial charge on any atom is -0.497 e. The van der Waals surface area contributed by atoms with Crippen LogP contribution in [0.2, 0.25) is 0 Å². The maximum Gasteiger partial charge on any atom is 0.281 e. The van der Waals surface area contributed by atoms with Gasteiger partial charge >= 0.3 is 0 Å². The molecule has 1 saturated heterocycles. The molecule has 2 aromatic carbocycles. The second kappa shape index (κ2) is 7.25. The summed E-state index contributed by atoms with van der Waals surface area (Å²) in [6.45, 7) is 0. The average molecular weight is 419 g/mol. The lowest BCUT2D eigenvalue weighted by Gasteiger charge is -2.13. The van der Waals surface area contributed by atoms with E-state index in [-0.39, 0.29) is 5.91 Å². The fourth-order valence-electron chi connectivity index (χ4n) is 2.45. The molecule has 128 valence electrons. The number of thiocarbonyl (C=S) groups is 1. The Morgan fingerprint density at radius 3 is 2.48 bits per heavy atom. The summed E-state index contributed by atoms with van der Waals surface area (Å²) in [5.74, 6) is 1.07. The van der Waals surface area contributed by atoms with Gasteiger partial charge in [0.05, 0.1) is 19.9 Å². The number of nitrogens with one attached hydrogen (secondary N) is 1. The molecule has 1 N–H and O–H groups in total. The lowest BCUT2D eigenvalue weighted by molar-refractivity contribution is -0.113. The summed E-state index contributed by atoms with van der Waals surface area (Å²) in [5, 5.41) is 3.30. The van der Waals surface area contributed by atoms with Crippen molar-refractivity contribution in [3.05, 3.63) is 58.2 Å². The van der Waals surface area contributed by atoms with E-state index in [1.807, 2.05) is 30.3 Å². The molecule has 1 aliphatic heterocycles. The molecule has 1 amide bonds. The van der Waals surface area contributed by atoms with Gasteiger partial charge in [0.1, 0.15) is 17.2 Å². The van der Waals surface area contributed by atoms with Crippen LogP contribution in [0.5, 0.6) is 11.5 Å². The highest BCUT2D eigenvalue weighted by Gasteiger charge is 2.32. The van der Waals surface area contributed by atoms with Gasteiger partial charge in [-0.1, -0.05) is 15.9 Å². The van der Waals surface area contributed by atoms with Crippen molar-refractivity contribution < 1.29 is 14.3 Å². The van der Waals surface area contributed by atoms with Gasteiger partial charge in [-0.15, -0.1) is 0 Å². The van der Waals surface area contributed by atoms with Gasteiger partial charge in [0.15, 0.2) is 5.11 Å². The Morgan fingerprint density at radius 1 is 1.12 bits per heavy atom. The SMILES string of the molecule is COc1ccc(/C=C2\NC(=S)N(c3ccc(Br)cc3)C2=O)c(OC)c1. The number of amides is 1. The number of hydrogen-bond donors (Lipinski definition) is 1. The minimum absolute atomic E-state index is 0.217. The van der Waals surface area contributed by atoms with Crippen LogP contribution in [0.25, 0.3) is 6.08 Å². The van der Waals surface area contributed by atoms with E-state index in [2.05, 4.69) is 21.2 Å². The summed E-state index contributed by atoms with van der Waals surface area (Å²) in [4.78, 5) is 14.2. The highest BCUT2D eigenvalue weighted by Crippen LogP contribution is 2.29. The molecule has 0 radical (unpaired) electrons. The molecule has 5 nitrogen and oxygen atoms in total. The molecule has 1 aliphatic rings. The second-order valence-electron chi connectivity index (χ2n) is 5.21. The fraction of sp³-hybridized carbons (Fsp3) is 0.111. The van der Waals surface area contributed by atoms with Crippen molar-refractivity contribution >= 4 is 50.9 Å². The summed E-state index contributed by atoms with van der Waals surface area (Å²) < 4.78 is 11.5. The van der Waals surface area contributed by atoms with Crippen LogP contribution in [0.4, 0.5) is 5.69 Å². The van der Waals surface area contributed by atoms with Crippen LogP contribution in [-0.2, 0) is 4.79 Å². The summed E-state index contributed by atoms with van der Waals surface area (Å²) in [7, 11) is 3.16. The normalized spacial score (nSPS) is 15.5. The molecule has 0 saturated carbocycles. The van der Waals surface area contributed by atoms with Gasteiger partial charge in [-0.25, -0.2) is 0 Å². The Bertz CT molecular complexity index is 865. The van der Waals surface area contributed by atoms with E-state index in [9.17, 15) is 4.79 Å². The molecule has 0 atom stereocenters. The minimum atomic E-state index is -0.217. The molecular weight excluding hydrogens is 404 g/mol. The third-order valence-corrected chi connectivity index (χ3v) is 4.52. The number of carbonyl (C=O) groups is 1. The quantitative estimate of drug-likeness (QED) is 0.605. The first-order valence-corrected chi connectivity index (χ1v) is 8.58. The largest absolute Gasteiger partial charge is 0.497 e. The van der Waals surface area contributed by atoms with Gasteiger partial charge in [0, 0.05) is 16.1 Å². The van der Waals surface area contributed by atoms with Gasteiger partial charge in [0.25, 0.3) is 5.91 Å². The Balaban J connectivity index is 1.94. The molecule has 2 aromatic rings. The van der Waals surface area contributed by atoms with E-state index in [4.69, 9.17) is 21.7 Å². The topological polar surface area (TPSA) is 50.8 Å². The van der Waals surface area contributed by atoms with Crippen molar-refractivity contribution in [2.24, 2.45) is 0 Å². The van der Waals surface area contributed by atoms with Crippen LogP contribution in [-0.4, -0.2) is 25.2 Å². The smallest absolute Gasteiger partial charge is 0.281 e. The molecule has 3 rings (SSSR count). The van der Waals surface area contributed by atoms with Crippen molar-refractivity contribution in [1.82, 2.24) is 5.32 Å². The molecule has 1 fully saturated rings. The highest BCUT2D eigenvalue weighted by molar-refractivity contribution is 9.10. The first-order valence-electron chi connectivity index (χ1n) is 7.38. The van der Waals surface area contributed by atoms with E-state index in [1.165, 1.54) is 4.90 Å². The van der Waals surface area contributed by atoms with Gasteiger partial charge in [-0.2, -0.15) is 0 Å². The van der Waals surface area contributed by atoms with Crippen LogP contribution in [0.1, 0.15) is 5.56 Å². The molecule has 0 spiro atoms. The van der Waals surface area contributed by atoms with E-state index in [1.54, 1.807) is 32.4 Å². The molecule has 0 aliphatic carbocycles. The van der Waals surface area contributed by atoms with E-state index in [0.29, 0.717) is 28.0 Å². The summed E-state index contributed by atoms with van der Waals surface area (Å²) in [6.07, 6.45) is 1.71. The molecule has 0 unspecified atom stereocenters. The van der Waals surface area contributed by atoms with Crippen molar-refractivity contribution in [2.45, 2.75) is 0 Å². The summed E-state index contributed by atoms with van der Waals surface area (Å²) in [5.41, 5.74) is 1.84. The Labute approximate surface area is 159 Å². The monoisotopic (exact) mass is 418 g/mol. The summed E-state index contributed by atoms with van der Waals surface area (Å²) in [6, 6.07) is 12.8. The van der Waals surface area contributed by atoms with Crippen molar-refractivity contribution in [3.63, 3.8) is 0 Å². The first kappa shape index (κ1) is 17.4. The number of methoxy groups -OCH3 is 2. The number of carbonyl (C=O) groups excluding carboxylic acids is 1. The van der Waals surface area contributed by atoms with Crippen molar-refractivity contribution in [3.8, 4) is 11.5 Å². The van der Waals surface area contributed by atoms with E-state index >= 15 is 0 Å². The summed E-state index contributed by atoms with van der Waals surface area (Å²) >= 11 is 8.70. The van der Waals surface area contributed by atoms with Gasteiger partial charge in [-0.3, -0.25) is 9.69 Å². The zero-order valence-electron chi connectivity index (χ0n) is 13.6. The van der Waals surface area contributed by atoms with Crippen LogP contribution in [0.3, 0.4) is 0 Å². The maximum atomic E-state index is 12.8. The number of hydrogen-bond acceptors (Lipinski definition) is 4. The number of rotatable bonds is 4. The average Bonchev–Trinajstić information content (AvgIpc) is 2.90. The molecular formula is C18H15BrN2O3S. The standard InChI is InChI=1S/C18H15BrN2O3S/c1-23-14-8-3-11(16(10-14)24-2)9-15-17(22)21(18(25)20-15)13-6-4-12(19)5-7-13/h3-10H,1-2H3,(H,20,25)/b15-9-. The molecule has 0 bridgehead atoms. The van der Waals surface area contributed by atoms with Gasteiger partial charge in [-0.05, 0) is 54.7 Å². The molecule has 0 aromatic heterocycles. The number of halogens is 1. The second-order valence-corrected chi connectivity index (χ2v) is 6.52. The number of nitrogens with zero attached hydrogens (tertiary/aromatic N) is 1. The molecule has 25 heavy (non-hydrogen) atoms. The lowest BCUT2D eigenvalue weighted by Crippen LogP contribution is -2.30. The number of benzene rings is 2. The maximum absolute atomic E-state index is 12.8. The molecule has 7 heteroatoms. The molecule has 1 heterocycles. The predicted molar refractivity (Wildman–Crippen MR) is 105 cm³/mol. The van der Waals surface area contributed by atoms with Gasteiger partial charge < -0.3 is 14.8 Å². The van der Waals surface area contributed by atoms with E-state index in [0.717, 1.165) is 10.0 Å².